The molecule has 0 aromatic heterocycles. The molecule has 0 saturated heterocycles. The highest BCUT2D eigenvalue weighted by Crippen LogP contribution is 2.38. The molecule has 0 aliphatic carbocycles. The SMILES string of the molecule is CCOc1ccc(S(=O)(=O)NCC(O)(c2ccccc2)C(F)(F)F)cc1F. The molecule has 1 atom stereocenters. The lowest BCUT2D eigenvalue weighted by atomic mass is 9.93. The van der Waals surface area contributed by atoms with Crippen LogP contribution in [0.1, 0.15) is 12.5 Å². The third kappa shape index (κ3) is 4.57. The summed E-state index contributed by atoms with van der Waals surface area (Å²) in [5, 5.41) is 10.2. The molecule has 0 aliphatic rings. The second-order valence-corrected chi connectivity index (χ2v) is 7.34. The minimum Gasteiger partial charge on any atom is -0.491 e. The lowest BCUT2D eigenvalue weighted by molar-refractivity contribution is -0.263. The van der Waals surface area contributed by atoms with Gasteiger partial charge in [0, 0.05) is 0 Å². The van der Waals surface area contributed by atoms with Gasteiger partial charge in [-0.3, -0.25) is 0 Å². The Bertz CT molecular complexity index is 888. The van der Waals surface area contributed by atoms with Crippen molar-refractivity contribution in [2.45, 2.75) is 23.6 Å². The van der Waals surface area contributed by atoms with Crippen LogP contribution in [0.3, 0.4) is 0 Å². The number of hydrogen-bond donors (Lipinski definition) is 2. The molecule has 2 aromatic carbocycles. The molecule has 0 amide bonds. The van der Waals surface area contributed by atoms with E-state index in [1.54, 1.807) is 11.6 Å². The van der Waals surface area contributed by atoms with E-state index in [2.05, 4.69) is 0 Å². The van der Waals surface area contributed by atoms with Crippen molar-refractivity contribution in [2.24, 2.45) is 0 Å². The highest BCUT2D eigenvalue weighted by atomic mass is 32.2. The van der Waals surface area contributed by atoms with Crippen LogP contribution in [0.4, 0.5) is 17.6 Å². The number of benzene rings is 2. The van der Waals surface area contributed by atoms with Gasteiger partial charge in [0.2, 0.25) is 10.0 Å². The lowest BCUT2D eigenvalue weighted by Crippen LogP contribution is -2.51. The number of rotatable bonds is 7. The van der Waals surface area contributed by atoms with Gasteiger partial charge < -0.3 is 9.84 Å². The molecule has 10 heteroatoms. The highest BCUT2D eigenvalue weighted by molar-refractivity contribution is 7.89. The second-order valence-electron chi connectivity index (χ2n) is 5.57. The minimum absolute atomic E-state index is 0.150. The van der Waals surface area contributed by atoms with Crippen LogP contribution >= 0.6 is 0 Å². The van der Waals surface area contributed by atoms with Crippen LogP contribution < -0.4 is 9.46 Å². The summed E-state index contributed by atoms with van der Waals surface area (Å²) in [6, 6.07) is 8.74. The number of aliphatic hydroxyl groups is 1. The van der Waals surface area contributed by atoms with Crippen LogP contribution in [0.2, 0.25) is 0 Å². The molecule has 0 saturated carbocycles. The van der Waals surface area contributed by atoms with Crippen molar-refractivity contribution in [3.63, 3.8) is 0 Å². The Balaban J connectivity index is 2.30. The van der Waals surface area contributed by atoms with Crippen LogP contribution in [0, 0.1) is 5.82 Å². The molecule has 2 aromatic rings. The Hall–Kier alpha value is -2.17. The zero-order valence-corrected chi connectivity index (χ0v) is 14.9. The summed E-state index contributed by atoms with van der Waals surface area (Å²) < 4.78 is 85.2. The Labute approximate surface area is 153 Å². The summed E-state index contributed by atoms with van der Waals surface area (Å²) in [7, 11) is -4.52. The number of halogens is 4. The molecule has 2 N–H and O–H groups in total. The van der Waals surface area contributed by atoms with Crippen molar-refractivity contribution < 1.29 is 35.8 Å². The molecule has 1 unspecified atom stereocenters. The first kappa shape index (κ1) is 21.1. The van der Waals surface area contributed by atoms with Gasteiger partial charge in [0.05, 0.1) is 18.0 Å². The van der Waals surface area contributed by atoms with Gasteiger partial charge >= 0.3 is 6.18 Å². The standard InChI is InChI=1S/C17H17F4NO4S/c1-2-26-15-9-8-13(10-14(15)18)27(24,25)22-11-16(23,17(19,20)21)12-6-4-3-5-7-12/h3-10,22-23H,2,11H2,1H3. The van der Waals surface area contributed by atoms with Crippen molar-refractivity contribution in [3.05, 3.63) is 59.9 Å². The molecular weight excluding hydrogens is 390 g/mol. The topological polar surface area (TPSA) is 75.6 Å². The summed E-state index contributed by atoms with van der Waals surface area (Å²) in [5.74, 6) is -1.17. The van der Waals surface area contributed by atoms with E-state index in [0.717, 1.165) is 24.3 Å². The Morgan fingerprint density at radius 1 is 1.11 bits per heavy atom. The normalized spacial score (nSPS) is 14.6. The maximum atomic E-state index is 13.8. The van der Waals surface area contributed by atoms with Crippen LogP contribution in [0.25, 0.3) is 0 Å². The largest absolute Gasteiger partial charge is 0.491 e. The quantitative estimate of drug-likeness (QED) is 0.692. The number of ether oxygens (including phenoxy) is 1. The first-order valence-electron chi connectivity index (χ1n) is 7.78. The number of sulfonamides is 1. The number of nitrogens with one attached hydrogen (secondary N) is 1. The zero-order chi connectivity index (χ0) is 20.3. The predicted molar refractivity (Wildman–Crippen MR) is 89.2 cm³/mol. The van der Waals surface area contributed by atoms with Crippen molar-refractivity contribution in [1.82, 2.24) is 4.72 Å². The van der Waals surface area contributed by atoms with Gasteiger partial charge in [0.25, 0.3) is 0 Å². The Kier molecular flexibility index (Phi) is 6.13. The molecular formula is C17H17F4NO4S. The molecule has 148 valence electrons. The van der Waals surface area contributed by atoms with Gasteiger partial charge in [-0.05, 0) is 30.7 Å². The van der Waals surface area contributed by atoms with Crippen molar-refractivity contribution in [3.8, 4) is 5.75 Å². The smallest absolute Gasteiger partial charge is 0.422 e. The van der Waals surface area contributed by atoms with Crippen molar-refractivity contribution >= 4 is 10.0 Å². The van der Waals surface area contributed by atoms with Crippen molar-refractivity contribution in [1.29, 1.82) is 0 Å². The van der Waals surface area contributed by atoms with E-state index < -0.39 is 44.6 Å². The van der Waals surface area contributed by atoms with E-state index >= 15 is 0 Å². The van der Waals surface area contributed by atoms with E-state index in [9.17, 15) is 31.1 Å². The van der Waals surface area contributed by atoms with E-state index in [4.69, 9.17) is 4.74 Å². The molecule has 5 nitrogen and oxygen atoms in total. The zero-order valence-electron chi connectivity index (χ0n) is 14.1. The van der Waals surface area contributed by atoms with Gasteiger partial charge in [-0.25, -0.2) is 17.5 Å². The summed E-state index contributed by atoms with van der Waals surface area (Å²) >= 11 is 0. The van der Waals surface area contributed by atoms with Gasteiger partial charge in [-0.15, -0.1) is 0 Å². The van der Waals surface area contributed by atoms with E-state index in [1.807, 2.05) is 0 Å². The maximum absolute atomic E-state index is 13.8. The van der Waals surface area contributed by atoms with Crippen LogP contribution in [-0.4, -0.2) is 32.9 Å². The molecule has 0 heterocycles. The third-order valence-electron chi connectivity index (χ3n) is 3.75. The fourth-order valence-electron chi connectivity index (χ4n) is 2.28. The van der Waals surface area contributed by atoms with E-state index in [0.29, 0.717) is 6.07 Å². The molecule has 2 rings (SSSR count). The molecule has 0 aliphatic heterocycles. The number of hydrogen-bond acceptors (Lipinski definition) is 4. The fourth-order valence-corrected chi connectivity index (χ4v) is 3.36. The van der Waals surface area contributed by atoms with Crippen LogP contribution in [-0.2, 0) is 15.6 Å². The van der Waals surface area contributed by atoms with Gasteiger partial charge in [0.15, 0.2) is 17.2 Å². The lowest BCUT2D eigenvalue weighted by Gasteiger charge is -2.31. The predicted octanol–water partition coefficient (Wildman–Crippen LogP) is 2.95. The Morgan fingerprint density at radius 3 is 2.26 bits per heavy atom. The first-order chi connectivity index (χ1) is 12.5. The molecule has 0 bridgehead atoms. The first-order valence-corrected chi connectivity index (χ1v) is 9.26. The molecule has 0 fully saturated rings. The number of alkyl halides is 3. The average molecular weight is 407 g/mol. The van der Waals surface area contributed by atoms with Gasteiger partial charge in [0.1, 0.15) is 0 Å². The molecule has 0 spiro atoms. The van der Waals surface area contributed by atoms with Crippen LogP contribution in [0.15, 0.2) is 53.4 Å². The maximum Gasteiger partial charge on any atom is 0.422 e. The summed E-state index contributed by atoms with van der Waals surface area (Å²) in [6.07, 6.45) is -5.15. The van der Waals surface area contributed by atoms with Gasteiger partial charge in [-0.1, -0.05) is 30.3 Å². The monoisotopic (exact) mass is 407 g/mol. The summed E-state index contributed by atoms with van der Waals surface area (Å²) in [6.45, 7) is 0.377. The van der Waals surface area contributed by atoms with E-state index in [1.165, 1.54) is 18.2 Å². The Morgan fingerprint density at radius 2 is 1.74 bits per heavy atom. The minimum atomic E-state index is -5.15. The van der Waals surface area contributed by atoms with Crippen molar-refractivity contribution in [2.75, 3.05) is 13.2 Å². The molecule has 0 radical (unpaired) electrons. The average Bonchev–Trinajstić information content (AvgIpc) is 2.61. The summed E-state index contributed by atoms with van der Waals surface area (Å²) in [4.78, 5) is -0.596. The fraction of sp³-hybridized carbons (Fsp3) is 0.294. The summed E-state index contributed by atoms with van der Waals surface area (Å²) in [5.41, 5.74) is -3.98. The third-order valence-corrected chi connectivity index (χ3v) is 5.15. The van der Waals surface area contributed by atoms with E-state index in [-0.39, 0.29) is 12.4 Å². The highest BCUT2D eigenvalue weighted by Gasteiger charge is 2.55. The van der Waals surface area contributed by atoms with Gasteiger partial charge in [-0.2, -0.15) is 13.2 Å². The molecule has 27 heavy (non-hydrogen) atoms. The van der Waals surface area contributed by atoms with Crippen LogP contribution in [0.5, 0.6) is 5.75 Å². The second kappa shape index (κ2) is 7.83.